The Morgan fingerprint density at radius 2 is 2.00 bits per heavy atom. The first kappa shape index (κ1) is 20.3. The Morgan fingerprint density at radius 1 is 1.22 bits per heavy atom. The number of ether oxygens (including phenoxy) is 1. The van der Waals surface area contributed by atoms with Gasteiger partial charge in [0.2, 0.25) is 10.0 Å². The lowest BCUT2D eigenvalue weighted by molar-refractivity contribution is -0.0915. The number of nitrogens with zero attached hydrogens (tertiary/aromatic N) is 2. The van der Waals surface area contributed by atoms with Crippen LogP contribution in [0.1, 0.15) is 18.4 Å². The molecule has 1 N–H and O–H groups in total. The molecule has 2 saturated heterocycles. The summed E-state index contributed by atoms with van der Waals surface area (Å²) in [6, 6.07) is 7.05. The average Bonchev–Trinajstić information content (AvgIpc) is 3.18. The van der Waals surface area contributed by atoms with Crippen molar-refractivity contribution in [3.8, 4) is 11.3 Å². The minimum atomic E-state index is -3.57. The van der Waals surface area contributed by atoms with Gasteiger partial charge in [-0.05, 0) is 31.4 Å². The molecule has 0 radical (unpaired) electrons. The van der Waals surface area contributed by atoms with E-state index in [4.69, 9.17) is 9.26 Å². The van der Waals surface area contributed by atoms with E-state index in [0.29, 0.717) is 48.8 Å². The third-order valence-electron chi connectivity index (χ3n) is 5.30. The Balaban J connectivity index is 0.00000210. The smallest absolute Gasteiger partial charge is 0.243 e. The third-order valence-corrected chi connectivity index (χ3v) is 7.34. The van der Waals surface area contributed by atoms with E-state index in [2.05, 4.69) is 10.5 Å². The zero-order valence-corrected chi connectivity index (χ0v) is 16.8. The van der Waals surface area contributed by atoms with Gasteiger partial charge in [-0.3, -0.25) is 0 Å². The molecule has 2 fully saturated rings. The highest BCUT2D eigenvalue weighted by molar-refractivity contribution is 7.89. The fourth-order valence-electron chi connectivity index (χ4n) is 3.70. The fraction of sp³-hybridized carbons (Fsp3) is 0.500. The molecule has 7 nitrogen and oxygen atoms in total. The molecule has 4 rings (SSSR count). The molecular formula is C18H24ClN3O4S. The number of aromatic nitrogens is 1. The van der Waals surface area contributed by atoms with Crippen molar-refractivity contribution in [3.63, 3.8) is 0 Å². The van der Waals surface area contributed by atoms with Crippen molar-refractivity contribution < 1.29 is 17.7 Å². The van der Waals surface area contributed by atoms with Gasteiger partial charge in [0.25, 0.3) is 0 Å². The first-order chi connectivity index (χ1) is 12.5. The maximum absolute atomic E-state index is 13.2. The molecule has 0 saturated carbocycles. The molecule has 1 aromatic carbocycles. The Bertz CT molecular complexity index is 870. The van der Waals surface area contributed by atoms with Crippen LogP contribution in [0.15, 0.2) is 39.9 Å². The largest absolute Gasteiger partial charge is 0.372 e. The van der Waals surface area contributed by atoms with Gasteiger partial charge in [0.15, 0.2) is 5.76 Å². The summed E-state index contributed by atoms with van der Waals surface area (Å²) >= 11 is 0. The Kier molecular flexibility index (Phi) is 5.93. The topological polar surface area (TPSA) is 84.7 Å². The number of hydrogen-bond donors (Lipinski definition) is 1. The quantitative estimate of drug-likeness (QED) is 0.830. The van der Waals surface area contributed by atoms with Crippen molar-refractivity contribution in [1.29, 1.82) is 0 Å². The number of nitrogens with one attached hydrogen (secondary N) is 1. The summed E-state index contributed by atoms with van der Waals surface area (Å²) < 4.78 is 39.1. The summed E-state index contributed by atoms with van der Waals surface area (Å²) in [4.78, 5) is 0.324. The molecule has 0 aliphatic carbocycles. The van der Waals surface area contributed by atoms with Crippen LogP contribution >= 0.6 is 12.4 Å². The van der Waals surface area contributed by atoms with E-state index < -0.39 is 10.0 Å². The number of halogens is 1. The van der Waals surface area contributed by atoms with E-state index in [-0.39, 0.29) is 18.0 Å². The number of rotatable bonds is 3. The van der Waals surface area contributed by atoms with Gasteiger partial charge in [0, 0.05) is 37.8 Å². The van der Waals surface area contributed by atoms with E-state index in [1.165, 1.54) is 0 Å². The van der Waals surface area contributed by atoms with Gasteiger partial charge in [0.05, 0.1) is 23.3 Å². The van der Waals surface area contributed by atoms with Crippen LogP contribution in [0.4, 0.5) is 0 Å². The molecule has 27 heavy (non-hydrogen) atoms. The molecule has 2 aliphatic heterocycles. The molecule has 0 unspecified atom stereocenters. The Labute approximate surface area is 165 Å². The number of sulfonamides is 1. The Morgan fingerprint density at radius 3 is 2.63 bits per heavy atom. The predicted octanol–water partition coefficient (Wildman–Crippen LogP) is 2.21. The first-order valence-electron chi connectivity index (χ1n) is 8.87. The Hall–Kier alpha value is -1.45. The van der Waals surface area contributed by atoms with E-state index in [1.807, 2.05) is 19.1 Å². The van der Waals surface area contributed by atoms with E-state index in [0.717, 1.165) is 18.7 Å². The molecule has 2 aromatic rings. The minimum Gasteiger partial charge on any atom is -0.372 e. The average molecular weight is 414 g/mol. The highest BCUT2D eigenvalue weighted by atomic mass is 35.5. The lowest BCUT2D eigenvalue weighted by atomic mass is 9.91. The monoisotopic (exact) mass is 413 g/mol. The van der Waals surface area contributed by atoms with Gasteiger partial charge < -0.3 is 14.6 Å². The minimum absolute atomic E-state index is 0. The highest BCUT2D eigenvalue weighted by Crippen LogP contribution is 2.32. The lowest BCUT2D eigenvalue weighted by Gasteiger charge is -2.43. The summed E-state index contributed by atoms with van der Waals surface area (Å²) in [5.41, 5.74) is 1.21. The molecule has 1 spiro atoms. The maximum Gasteiger partial charge on any atom is 0.243 e. The van der Waals surface area contributed by atoms with Crippen molar-refractivity contribution in [1.82, 2.24) is 14.8 Å². The zero-order valence-electron chi connectivity index (χ0n) is 15.2. The van der Waals surface area contributed by atoms with Crippen molar-refractivity contribution >= 4 is 22.4 Å². The van der Waals surface area contributed by atoms with Gasteiger partial charge >= 0.3 is 0 Å². The second kappa shape index (κ2) is 7.89. The van der Waals surface area contributed by atoms with Gasteiger partial charge in [-0.15, -0.1) is 12.4 Å². The van der Waals surface area contributed by atoms with E-state index >= 15 is 0 Å². The number of morpholine rings is 1. The van der Waals surface area contributed by atoms with Gasteiger partial charge in [-0.1, -0.05) is 17.3 Å². The van der Waals surface area contributed by atoms with Crippen LogP contribution < -0.4 is 5.32 Å². The molecule has 0 bridgehead atoms. The fourth-order valence-corrected chi connectivity index (χ4v) is 5.39. The molecule has 1 aromatic heterocycles. The van der Waals surface area contributed by atoms with Crippen molar-refractivity contribution in [3.05, 3.63) is 36.0 Å². The van der Waals surface area contributed by atoms with Crippen LogP contribution in [0.2, 0.25) is 0 Å². The van der Waals surface area contributed by atoms with Crippen molar-refractivity contribution in [2.75, 3.05) is 32.8 Å². The molecule has 148 valence electrons. The lowest BCUT2D eigenvalue weighted by Crippen LogP contribution is -2.56. The van der Waals surface area contributed by atoms with Crippen LogP contribution in [-0.4, -0.2) is 56.3 Å². The maximum atomic E-state index is 13.2. The van der Waals surface area contributed by atoms with Crippen LogP contribution in [0.25, 0.3) is 11.3 Å². The normalized spacial score (nSPS) is 20.3. The zero-order chi connectivity index (χ0) is 18.2. The molecule has 0 atom stereocenters. The highest BCUT2D eigenvalue weighted by Gasteiger charge is 2.40. The van der Waals surface area contributed by atoms with Crippen LogP contribution in [0.5, 0.6) is 0 Å². The number of hydrogen-bond acceptors (Lipinski definition) is 6. The molecular weight excluding hydrogens is 390 g/mol. The van der Waals surface area contributed by atoms with Gasteiger partial charge in [-0.2, -0.15) is 4.31 Å². The van der Waals surface area contributed by atoms with E-state index in [1.54, 1.807) is 22.6 Å². The van der Waals surface area contributed by atoms with Crippen molar-refractivity contribution in [2.24, 2.45) is 0 Å². The summed E-state index contributed by atoms with van der Waals surface area (Å²) in [6.45, 7) is 5.09. The van der Waals surface area contributed by atoms with Gasteiger partial charge in [0.1, 0.15) is 0 Å². The van der Waals surface area contributed by atoms with Crippen LogP contribution in [0, 0.1) is 6.92 Å². The molecule has 9 heteroatoms. The second-order valence-corrected chi connectivity index (χ2v) is 8.88. The predicted molar refractivity (Wildman–Crippen MR) is 103 cm³/mol. The van der Waals surface area contributed by atoms with Crippen LogP contribution in [-0.2, 0) is 14.8 Å². The number of piperidine rings is 1. The van der Waals surface area contributed by atoms with E-state index in [9.17, 15) is 8.42 Å². The SMILES string of the molecule is Cc1ccc(-c2ccno2)cc1S(=O)(=O)N1CCC2(CC1)CNCCO2.Cl. The van der Waals surface area contributed by atoms with Gasteiger partial charge in [-0.25, -0.2) is 8.42 Å². The summed E-state index contributed by atoms with van der Waals surface area (Å²) in [6.07, 6.45) is 2.96. The molecule has 3 heterocycles. The molecule has 0 amide bonds. The summed E-state index contributed by atoms with van der Waals surface area (Å²) in [5, 5.41) is 7.05. The second-order valence-electron chi connectivity index (χ2n) is 6.97. The first-order valence-corrected chi connectivity index (χ1v) is 10.3. The number of benzene rings is 1. The summed E-state index contributed by atoms with van der Waals surface area (Å²) in [7, 11) is -3.57. The van der Waals surface area contributed by atoms with Crippen molar-refractivity contribution in [2.45, 2.75) is 30.3 Å². The third kappa shape index (κ3) is 3.90. The van der Waals surface area contributed by atoms with Crippen LogP contribution in [0.3, 0.4) is 0 Å². The standard InChI is InChI=1S/C18H23N3O4S.ClH/c1-14-2-3-15(16-4-7-20-25-16)12-17(14)26(22,23)21-9-5-18(6-10-21)13-19-8-11-24-18;/h2-4,7,12,19H,5-6,8-11,13H2,1H3;1H. The summed E-state index contributed by atoms with van der Waals surface area (Å²) in [5.74, 6) is 0.556. The number of aryl methyl sites for hydroxylation is 1. The molecule has 2 aliphatic rings.